The molecule has 0 radical (unpaired) electrons. The molecule has 0 aromatic heterocycles. The van der Waals surface area contributed by atoms with E-state index >= 15 is 0 Å². The third-order valence-corrected chi connectivity index (χ3v) is 2.17. The Morgan fingerprint density at radius 3 is 1.38 bits per heavy atom. The molecule has 0 aliphatic heterocycles. The second kappa shape index (κ2) is 7.47. The van der Waals surface area contributed by atoms with Crippen LogP contribution in [0.25, 0.3) is 11.1 Å². The molecule has 16 heavy (non-hydrogen) atoms. The zero-order valence-electron chi connectivity index (χ0n) is 9.77. The number of benzene rings is 2. The van der Waals surface area contributed by atoms with Gasteiger partial charge in [-0.15, -0.1) is 6.58 Å². The van der Waals surface area contributed by atoms with E-state index in [9.17, 15) is 0 Å². The van der Waals surface area contributed by atoms with Crippen LogP contribution in [0.5, 0.6) is 0 Å². The van der Waals surface area contributed by atoms with E-state index in [1.54, 1.807) is 0 Å². The van der Waals surface area contributed by atoms with Gasteiger partial charge in [0.25, 0.3) is 0 Å². The Morgan fingerprint density at radius 2 is 1.12 bits per heavy atom. The van der Waals surface area contributed by atoms with Crippen molar-refractivity contribution in [3.8, 4) is 11.1 Å². The summed E-state index contributed by atoms with van der Waals surface area (Å²) in [4.78, 5) is 0. The Hall–Kier alpha value is -1.82. The lowest BCUT2D eigenvalue weighted by Crippen LogP contribution is -1.73. The molecule has 0 saturated carbocycles. The first-order valence-corrected chi connectivity index (χ1v) is 5.59. The normalized spacial score (nSPS) is 8.81. The van der Waals surface area contributed by atoms with Gasteiger partial charge in [0.15, 0.2) is 0 Å². The van der Waals surface area contributed by atoms with Crippen molar-refractivity contribution in [2.24, 2.45) is 0 Å². The summed E-state index contributed by atoms with van der Waals surface area (Å²) in [5, 5.41) is 0. The lowest BCUT2D eigenvalue weighted by Gasteiger charge is -1.98. The zero-order chi connectivity index (χ0) is 11.6. The molecule has 0 bridgehead atoms. The predicted molar refractivity (Wildman–Crippen MR) is 72.4 cm³/mol. The quantitative estimate of drug-likeness (QED) is 0.616. The number of allylic oxidation sites excluding steroid dienone is 1. The highest BCUT2D eigenvalue weighted by Crippen LogP contribution is 2.17. The molecule has 0 heteroatoms. The fourth-order valence-corrected chi connectivity index (χ4v) is 1.26. The average molecular weight is 210 g/mol. The van der Waals surface area contributed by atoms with Crippen LogP contribution in [0.2, 0.25) is 0 Å². The molecule has 0 amide bonds. The molecular weight excluding hydrogens is 192 g/mol. The molecule has 0 unspecified atom stereocenters. The van der Waals surface area contributed by atoms with Crippen molar-refractivity contribution in [3.63, 3.8) is 0 Å². The van der Waals surface area contributed by atoms with Crippen molar-refractivity contribution < 1.29 is 0 Å². The summed E-state index contributed by atoms with van der Waals surface area (Å²) >= 11 is 0. The Morgan fingerprint density at radius 1 is 0.812 bits per heavy atom. The van der Waals surface area contributed by atoms with E-state index in [0.717, 1.165) is 6.42 Å². The van der Waals surface area contributed by atoms with Gasteiger partial charge in [-0.25, -0.2) is 0 Å². The fourth-order valence-electron chi connectivity index (χ4n) is 1.26. The minimum Gasteiger partial charge on any atom is -0.103 e. The number of hydrogen-bond donors (Lipinski definition) is 0. The van der Waals surface area contributed by atoms with Crippen LogP contribution in [-0.4, -0.2) is 0 Å². The first-order chi connectivity index (χ1) is 7.88. The molecule has 0 spiro atoms. The lowest BCUT2D eigenvalue weighted by atomic mass is 10.1. The molecule has 0 heterocycles. The van der Waals surface area contributed by atoms with E-state index in [0.29, 0.717) is 0 Å². The fraction of sp³-hybridized carbons (Fsp3) is 0.125. The summed E-state index contributed by atoms with van der Waals surface area (Å²) in [5.41, 5.74) is 2.55. The van der Waals surface area contributed by atoms with Gasteiger partial charge in [-0.2, -0.15) is 0 Å². The van der Waals surface area contributed by atoms with Gasteiger partial charge in [-0.1, -0.05) is 73.7 Å². The summed E-state index contributed by atoms with van der Waals surface area (Å²) < 4.78 is 0. The van der Waals surface area contributed by atoms with Crippen molar-refractivity contribution >= 4 is 0 Å². The molecule has 0 aliphatic carbocycles. The van der Waals surface area contributed by atoms with Crippen molar-refractivity contribution in [3.05, 3.63) is 73.3 Å². The van der Waals surface area contributed by atoms with Gasteiger partial charge in [0.05, 0.1) is 0 Å². The maximum Gasteiger partial charge on any atom is -0.0184 e. The molecule has 0 nitrogen and oxygen atoms in total. The minimum atomic E-state index is 1.08. The summed E-state index contributed by atoms with van der Waals surface area (Å²) in [6.07, 6.45) is 2.96. The molecular formula is C16H18. The van der Waals surface area contributed by atoms with Gasteiger partial charge in [0.1, 0.15) is 0 Å². The van der Waals surface area contributed by atoms with E-state index in [-0.39, 0.29) is 0 Å². The molecule has 0 fully saturated rings. The molecule has 0 saturated heterocycles. The smallest absolute Gasteiger partial charge is 0.0184 e. The van der Waals surface area contributed by atoms with Gasteiger partial charge < -0.3 is 0 Å². The first-order valence-electron chi connectivity index (χ1n) is 5.59. The second-order valence-electron chi connectivity index (χ2n) is 3.43. The summed E-state index contributed by atoms with van der Waals surface area (Å²) in [6, 6.07) is 20.8. The van der Waals surface area contributed by atoms with Crippen LogP contribution < -0.4 is 0 Å². The monoisotopic (exact) mass is 210 g/mol. The Kier molecular flexibility index (Phi) is 5.72. The molecule has 0 aliphatic rings. The molecule has 2 rings (SSSR count). The van der Waals surface area contributed by atoms with Gasteiger partial charge in [0, 0.05) is 0 Å². The third-order valence-electron chi connectivity index (χ3n) is 2.17. The lowest BCUT2D eigenvalue weighted by molar-refractivity contribution is 1.23. The van der Waals surface area contributed by atoms with Crippen LogP contribution in [0.3, 0.4) is 0 Å². The van der Waals surface area contributed by atoms with Crippen LogP contribution >= 0.6 is 0 Å². The van der Waals surface area contributed by atoms with Gasteiger partial charge >= 0.3 is 0 Å². The Bertz CT molecular complexity index is 349. The molecule has 0 N–H and O–H groups in total. The van der Waals surface area contributed by atoms with Crippen molar-refractivity contribution in [1.29, 1.82) is 0 Å². The third kappa shape index (κ3) is 4.14. The van der Waals surface area contributed by atoms with Gasteiger partial charge in [-0.05, 0) is 17.5 Å². The topological polar surface area (TPSA) is 0 Å². The van der Waals surface area contributed by atoms with Crippen LogP contribution in [0.1, 0.15) is 13.3 Å². The highest BCUT2D eigenvalue weighted by Gasteiger charge is 1.91. The maximum atomic E-state index is 3.48. The summed E-state index contributed by atoms with van der Waals surface area (Å²) in [6.45, 7) is 5.54. The van der Waals surface area contributed by atoms with E-state index in [1.807, 2.05) is 18.2 Å². The maximum absolute atomic E-state index is 3.48. The zero-order valence-corrected chi connectivity index (χ0v) is 9.77. The van der Waals surface area contributed by atoms with Crippen LogP contribution in [0.4, 0.5) is 0 Å². The molecule has 0 atom stereocenters. The van der Waals surface area contributed by atoms with E-state index in [4.69, 9.17) is 0 Å². The van der Waals surface area contributed by atoms with Crippen molar-refractivity contribution in [2.45, 2.75) is 13.3 Å². The second-order valence-corrected chi connectivity index (χ2v) is 3.43. The Labute approximate surface area is 98.3 Å². The number of hydrogen-bond acceptors (Lipinski definition) is 0. The Balaban J connectivity index is 0.000000280. The van der Waals surface area contributed by atoms with Gasteiger partial charge in [0.2, 0.25) is 0 Å². The van der Waals surface area contributed by atoms with E-state index in [2.05, 4.69) is 62.0 Å². The summed E-state index contributed by atoms with van der Waals surface area (Å²) in [5.74, 6) is 0. The highest BCUT2D eigenvalue weighted by atomic mass is 14.0. The highest BCUT2D eigenvalue weighted by molar-refractivity contribution is 5.62. The SMILES string of the molecule is C=CCC.c1ccc(-c2ccccc2)cc1. The number of rotatable bonds is 2. The predicted octanol–water partition coefficient (Wildman–Crippen LogP) is 4.94. The van der Waals surface area contributed by atoms with Crippen LogP contribution in [0.15, 0.2) is 73.3 Å². The molecule has 2 aromatic carbocycles. The molecule has 82 valence electrons. The largest absolute Gasteiger partial charge is 0.103 e. The van der Waals surface area contributed by atoms with E-state index < -0.39 is 0 Å². The summed E-state index contributed by atoms with van der Waals surface area (Å²) in [7, 11) is 0. The van der Waals surface area contributed by atoms with Crippen molar-refractivity contribution in [2.75, 3.05) is 0 Å². The average Bonchev–Trinajstić information content (AvgIpc) is 2.41. The minimum absolute atomic E-state index is 1.08. The molecule has 2 aromatic rings. The van der Waals surface area contributed by atoms with Crippen LogP contribution in [-0.2, 0) is 0 Å². The van der Waals surface area contributed by atoms with E-state index in [1.165, 1.54) is 11.1 Å². The standard InChI is InChI=1S/C12H10.C4H8/c1-3-7-11(8-4-1)12-9-5-2-6-10-12;1-3-4-2/h1-10H;3H,1,4H2,2H3. The van der Waals surface area contributed by atoms with Gasteiger partial charge in [-0.3, -0.25) is 0 Å². The first kappa shape index (κ1) is 12.3. The van der Waals surface area contributed by atoms with Crippen molar-refractivity contribution in [1.82, 2.24) is 0 Å². The van der Waals surface area contributed by atoms with Crippen LogP contribution in [0, 0.1) is 0 Å².